The van der Waals surface area contributed by atoms with E-state index in [0.717, 1.165) is 31.2 Å². The lowest BCUT2D eigenvalue weighted by molar-refractivity contribution is 0.406. The van der Waals surface area contributed by atoms with Crippen molar-refractivity contribution >= 4 is 41.3 Å². The number of hydrogen-bond donors (Lipinski definition) is 2. The Bertz CT molecular complexity index is 672. The molecule has 0 saturated heterocycles. The van der Waals surface area contributed by atoms with Crippen LogP contribution in [0.5, 0.6) is 5.75 Å². The zero-order valence-electron chi connectivity index (χ0n) is 15.3. The van der Waals surface area contributed by atoms with E-state index < -0.39 is 0 Å². The lowest BCUT2D eigenvalue weighted by atomic mass is 10.0. The summed E-state index contributed by atoms with van der Waals surface area (Å²) in [7, 11) is 3.51. The van der Waals surface area contributed by atoms with Gasteiger partial charge in [-0.1, -0.05) is 32.0 Å². The quantitative estimate of drug-likeness (QED) is 0.356. The van der Waals surface area contributed by atoms with Gasteiger partial charge in [-0.3, -0.25) is 4.99 Å². The number of aryl methyl sites for hydroxylation is 1. The molecule has 2 rings (SSSR count). The Labute approximate surface area is 172 Å². The number of halogens is 1. The van der Waals surface area contributed by atoms with Crippen molar-refractivity contribution in [3.63, 3.8) is 0 Å². The first-order valence-corrected chi connectivity index (χ1v) is 9.14. The summed E-state index contributed by atoms with van der Waals surface area (Å²) < 4.78 is 5.45. The molecule has 0 bridgehead atoms. The van der Waals surface area contributed by atoms with E-state index in [4.69, 9.17) is 4.74 Å². The maximum absolute atomic E-state index is 5.45. The van der Waals surface area contributed by atoms with Crippen molar-refractivity contribution in [3.8, 4) is 5.75 Å². The van der Waals surface area contributed by atoms with Crippen LogP contribution in [0.1, 0.15) is 35.1 Å². The molecule has 0 aliphatic carbocycles. The Morgan fingerprint density at radius 2 is 1.88 bits per heavy atom. The molecule has 4 nitrogen and oxygen atoms in total. The molecule has 1 aromatic carbocycles. The largest absolute Gasteiger partial charge is 0.496 e. The maximum atomic E-state index is 5.45. The van der Waals surface area contributed by atoms with Gasteiger partial charge < -0.3 is 15.4 Å². The van der Waals surface area contributed by atoms with Crippen LogP contribution in [0.2, 0.25) is 0 Å². The second kappa shape index (κ2) is 11.4. The van der Waals surface area contributed by atoms with E-state index in [1.54, 1.807) is 14.2 Å². The van der Waals surface area contributed by atoms with Gasteiger partial charge in [-0.15, -0.1) is 35.3 Å². The van der Waals surface area contributed by atoms with Gasteiger partial charge in [0.15, 0.2) is 5.96 Å². The SMILES string of the molecule is CCc1ccc(CNC(=NC)NCC(C)c2ccccc2OC)s1.I. The van der Waals surface area contributed by atoms with Crippen LogP contribution < -0.4 is 15.4 Å². The topological polar surface area (TPSA) is 45.7 Å². The maximum Gasteiger partial charge on any atom is 0.191 e. The molecule has 138 valence electrons. The van der Waals surface area contributed by atoms with E-state index in [-0.39, 0.29) is 24.0 Å². The van der Waals surface area contributed by atoms with Crippen molar-refractivity contribution in [2.45, 2.75) is 32.7 Å². The summed E-state index contributed by atoms with van der Waals surface area (Å²) in [5.41, 5.74) is 1.20. The molecule has 1 atom stereocenters. The average molecular weight is 473 g/mol. The van der Waals surface area contributed by atoms with Crippen LogP contribution in [0, 0.1) is 0 Å². The monoisotopic (exact) mass is 473 g/mol. The van der Waals surface area contributed by atoms with Crippen molar-refractivity contribution in [1.29, 1.82) is 0 Å². The second-order valence-electron chi connectivity index (χ2n) is 5.67. The fourth-order valence-electron chi connectivity index (χ4n) is 2.53. The van der Waals surface area contributed by atoms with E-state index in [9.17, 15) is 0 Å². The number of benzene rings is 1. The molecular weight excluding hydrogens is 445 g/mol. The lowest BCUT2D eigenvalue weighted by Gasteiger charge is -2.18. The number of methoxy groups -OCH3 is 1. The van der Waals surface area contributed by atoms with Gasteiger partial charge in [0.1, 0.15) is 5.75 Å². The van der Waals surface area contributed by atoms with Crippen molar-refractivity contribution in [2.75, 3.05) is 20.7 Å². The highest BCUT2D eigenvalue weighted by Crippen LogP contribution is 2.25. The molecule has 25 heavy (non-hydrogen) atoms. The number of thiophene rings is 1. The Morgan fingerprint density at radius 3 is 2.52 bits per heavy atom. The molecule has 0 amide bonds. The summed E-state index contributed by atoms with van der Waals surface area (Å²) in [6.07, 6.45) is 1.09. The predicted octanol–water partition coefficient (Wildman–Crippen LogP) is 4.41. The first-order chi connectivity index (χ1) is 11.7. The Morgan fingerprint density at radius 1 is 1.16 bits per heavy atom. The summed E-state index contributed by atoms with van der Waals surface area (Å²) >= 11 is 1.85. The van der Waals surface area contributed by atoms with Crippen LogP contribution in [-0.4, -0.2) is 26.7 Å². The average Bonchev–Trinajstić information content (AvgIpc) is 3.09. The number of guanidine groups is 1. The molecule has 1 unspecified atom stereocenters. The van der Waals surface area contributed by atoms with Crippen LogP contribution >= 0.6 is 35.3 Å². The number of rotatable bonds is 7. The van der Waals surface area contributed by atoms with Gasteiger partial charge in [-0.25, -0.2) is 0 Å². The van der Waals surface area contributed by atoms with E-state index >= 15 is 0 Å². The third kappa shape index (κ3) is 6.51. The standard InChI is InChI=1S/C19H27N3OS.HI/c1-5-15-10-11-16(24-15)13-22-19(20-3)21-12-14(2)17-8-6-7-9-18(17)23-4;/h6-11,14H,5,12-13H2,1-4H3,(H2,20,21,22);1H. The number of hydrogen-bond acceptors (Lipinski definition) is 3. The van der Waals surface area contributed by atoms with Crippen LogP contribution in [0.3, 0.4) is 0 Å². The van der Waals surface area contributed by atoms with E-state index in [1.165, 1.54) is 15.3 Å². The van der Waals surface area contributed by atoms with Crippen molar-refractivity contribution in [2.24, 2.45) is 4.99 Å². The first-order valence-electron chi connectivity index (χ1n) is 8.33. The molecule has 0 spiro atoms. The number of ether oxygens (including phenoxy) is 1. The summed E-state index contributed by atoms with van der Waals surface area (Å²) in [4.78, 5) is 7.05. The molecule has 0 aliphatic rings. The molecule has 6 heteroatoms. The molecule has 0 saturated carbocycles. The van der Waals surface area contributed by atoms with Crippen LogP contribution in [0.15, 0.2) is 41.4 Å². The summed E-state index contributed by atoms with van der Waals surface area (Å²) in [5, 5.41) is 6.77. The molecule has 2 N–H and O–H groups in total. The van der Waals surface area contributed by atoms with E-state index in [2.05, 4.69) is 47.7 Å². The number of aliphatic imine (C=N–C) groups is 1. The second-order valence-corrected chi connectivity index (χ2v) is 6.92. The summed E-state index contributed by atoms with van der Waals surface area (Å²) in [6, 6.07) is 12.5. The van der Waals surface area contributed by atoms with E-state index in [0.29, 0.717) is 5.92 Å². The zero-order chi connectivity index (χ0) is 17.4. The van der Waals surface area contributed by atoms with Gasteiger partial charge in [-0.05, 0) is 30.2 Å². The van der Waals surface area contributed by atoms with Crippen molar-refractivity contribution in [1.82, 2.24) is 10.6 Å². The van der Waals surface area contributed by atoms with Gasteiger partial charge in [0, 0.05) is 29.3 Å². The first kappa shape index (κ1) is 21.8. The number of para-hydroxylation sites is 1. The van der Waals surface area contributed by atoms with Gasteiger partial charge in [0.25, 0.3) is 0 Å². The number of nitrogens with one attached hydrogen (secondary N) is 2. The molecule has 0 aliphatic heterocycles. The fourth-order valence-corrected chi connectivity index (χ4v) is 3.43. The minimum absolute atomic E-state index is 0. The highest BCUT2D eigenvalue weighted by molar-refractivity contribution is 14.0. The predicted molar refractivity (Wildman–Crippen MR) is 119 cm³/mol. The third-order valence-corrected chi connectivity index (χ3v) is 5.19. The highest BCUT2D eigenvalue weighted by Gasteiger charge is 2.11. The van der Waals surface area contributed by atoms with Crippen LogP contribution in [0.25, 0.3) is 0 Å². The lowest BCUT2D eigenvalue weighted by Crippen LogP contribution is -2.38. The third-order valence-electron chi connectivity index (χ3n) is 3.96. The Hall–Kier alpha value is -1.28. The molecule has 2 aromatic rings. The van der Waals surface area contributed by atoms with Crippen LogP contribution in [-0.2, 0) is 13.0 Å². The van der Waals surface area contributed by atoms with Crippen molar-refractivity contribution in [3.05, 3.63) is 51.7 Å². The minimum atomic E-state index is 0. The minimum Gasteiger partial charge on any atom is -0.496 e. The van der Waals surface area contributed by atoms with Gasteiger partial charge in [0.05, 0.1) is 13.7 Å². The Balaban J connectivity index is 0.00000312. The smallest absolute Gasteiger partial charge is 0.191 e. The van der Waals surface area contributed by atoms with Gasteiger partial charge >= 0.3 is 0 Å². The number of nitrogens with zero attached hydrogens (tertiary/aromatic N) is 1. The molecule has 0 radical (unpaired) electrons. The normalized spacial score (nSPS) is 12.2. The molecule has 0 fully saturated rings. The van der Waals surface area contributed by atoms with Crippen LogP contribution in [0.4, 0.5) is 0 Å². The van der Waals surface area contributed by atoms with E-state index in [1.807, 2.05) is 29.5 Å². The summed E-state index contributed by atoms with van der Waals surface area (Å²) in [6.45, 7) is 5.96. The van der Waals surface area contributed by atoms with Gasteiger partial charge in [-0.2, -0.15) is 0 Å². The highest BCUT2D eigenvalue weighted by atomic mass is 127. The van der Waals surface area contributed by atoms with Gasteiger partial charge in [0.2, 0.25) is 0 Å². The fraction of sp³-hybridized carbons (Fsp3) is 0.421. The molecule has 1 heterocycles. The molecule has 1 aromatic heterocycles. The Kier molecular flexibility index (Phi) is 9.89. The summed E-state index contributed by atoms with van der Waals surface area (Å²) in [5.74, 6) is 2.08. The molecular formula is C19H28IN3OS. The van der Waals surface area contributed by atoms with Crippen molar-refractivity contribution < 1.29 is 4.74 Å². The zero-order valence-corrected chi connectivity index (χ0v) is 18.5.